The van der Waals surface area contributed by atoms with Crippen molar-refractivity contribution in [1.29, 1.82) is 0 Å². The van der Waals surface area contributed by atoms with E-state index in [-0.39, 0.29) is 17.0 Å². The van der Waals surface area contributed by atoms with Crippen LogP contribution in [0.1, 0.15) is 23.2 Å². The minimum atomic E-state index is -0.343. The van der Waals surface area contributed by atoms with Gasteiger partial charge in [0, 0.05) is 26.4 Å². The predicted molar refractivity (Wildman–Crippen MR) is 80.4 cm³/mol. The average molecular weight is 293 g/mol. The van der Waals surface area contributed by atoms with Crippen LogP contribution < -0.4 is 10.9 Å². The number of carbonyl (C=O) groups excluding carboxylic acids is 1. The molecule has 6 nitrogen and oxygen atoms in total. The van der Waals surface area contributed by atoms with Crippen molar-refractivity contribution in [2.45, 2.75) is 12.8 Å². The van der Waals surface area contributed by atoms with Gasteiger partial charge in [0.25, 0.3) is 11.5 Å². The van der Waals surface area contributed by atoms with E-state index < -0.39 is 0 Å². The van der Waals surface area contributed by atoms with E-state index in [1.165, 1.54) is 6.20 Å². The van der Waals surface area contributed by atoms with Crippen LogP contribution in [0, 0.1) is 5.92 Å². The number of piperidine rings is 1. The Labute approximate surface area is 124 Å². The van der Waals surface area contributed by atoms with Gasteiger partial charge in [-0.2, -0.15) is 0 Å². The van der Waals surface area contributed by atoms with E-state index in [1.54, 1.807) is 19.2 Å². The third-order valence-corrected chi connectivity index (χ3v) is 3.93. The minimum absolute atomic E-state index is 0.176. The molecule has 1 aliphatic rings. The Morgan fingerprint density at radius 3 is 2.90 bits per heavy atom. The van der Waals surface area contributed by atoms with Crippen LogP contribution >= 0.6 is 0 Å². The number of amides is 1. The van der Waals surface area contributed by atoms with Crippen molar-refractivity contribution < 1.29 is 9.53 Å². The molecule has 2 N–H and O–H groups in total. The van der Waals surface area contributed by atoms with E-state index in [0.717, 1.165) is 39.1 Å². The molecule has 2 heterocycles. The molecule has 1 aliphatic heterocycles. The van der Waals surface area contributed by atoms with Gasteiger partial charge in [-0.15, -0.1) is 0 Å². The number of nitrogens with zero attached hydrogens (tertiary/aromatic N) is 1. The molecule has 0 aromatic carbocycles. The third-order valence-electron chi connectivity index (χ3n) is 3.93. The van der Waals surface area contributed by atoms with Crippen molar-refractivity contribution in [3.05, 3.63) is 34.2 Å². The molecular formula is C15H23N3O3. The van der Waals surface area contributed by atoms with Crippen LogP contribution in [0.2, 0.25) is 0 Å². The molecule has 0 radical (unpaired) electrons. The van der Waals surface area contributed by atoms with E-state index >= 15 is 0 Å². The van der Waals surface area contributed by atoms with Crippen LogP contribution in [0.4, 0.5) is 0 Å². The van der Waals surface area contributed by atoms with Gasteiger partial charge >= 0.3 is 0 Å². The summed E-state index contributed by atoms with van der Waals surface area (Å²) in [7, 11) is 1.72. The normalized spacial score (nSPS) is 16.8. The first-order valence-electron chi connectivity index (χ1n) is 7.38. The van der Waals surface area contributed by atoms with E-state index in [0.29, 0.717) is 12.5 Å². The molecule has 0 atom stereocenters. The zero-order valence-electron chi connectivity index (χ0n) is 12.4. The van der Waals surface area contributed by atoms with Gasteiger partial charge in [-0.05, 0) is 44.0 Å². The van der Waals surface area contributed by atoms with E-state index in [1.807, 2.05) is 0 Å². The van der Waals surface area contributed by atoms with Crippen molar-refractivity contribution in [2.75, 3.05) is 39.9 Å². The van der Waals surface area contributed by atoms with E-state index in [4.69, 9.17) is 4.74 Å². The summed E-state index contributed by atoms with van der Waals surface area (Å²) in [6.07, 6.45) is 3.65. The summed E-state index contributed by atoms with van der Waals surface area (Å²) in [5.41, 5.74) is -0.167. The number of hydrogen-bond donors (Lipinski definition) is 2. The molecule has 0 spiro atoms. The zero-order chi connectivity index (χ0) is 15.1. The van der Waals surface area contributed by atoms with Crippen molar-refractivity contribution in [3.8, 4) is 0 Å². The first kappa shape index (κ1) is 15.7. The maximum atomic E-state index is 12.0. The van der Waals surface area contributed by atoms with Crippen LogP contribution in [0.5, 0.6) is 0 Å². The maximum Gasteiger partial charge on any atom is 0.260 e. The Hall–Kier alpha value is -1.66. The molecular weight excluding hydrogens is 270 g/mol. The lowest BCUT2D eigenvalue weighted by molar-refractivity contribution is 0.0924. The molecule has 0 bridgehead atoms. The summed E-state index contributed by atoms with van der Waals surface area (Å²) < 4.78 is 5.08. The molecule has 1 aromatic heterocycles. The molecule has 1 saturated heterocycles. The van der Waals surface area contributed by atoms with Gasteiger partial charge in [-0.3, -0.25) is 9.59 Å². The number of aromatic nitrogens is 1. The fourth-order valence-corrected chi connectivity index (χ4v) is 2.57. The molecule has 0 unspecified atom stereocenters. The predicted octanol–water partition coefficient (Wildman–Crippen LogP) is 0.463. The molecule has 2 rings (SSSR count). The van der Waals surface area contributed by atoms with Gasteiger partial charge in [0.2, 0.25) is 0 Å². The Bertz CT molecular complexity index is 507. The fourth-order valence-electron chi connectivity index (χ4n) is 2.57. The first-order chi connectivity index (χ1) is 10.2. The van der Waals surface area contributed by atoms with E-state index in [2.05, 4.69) is 15.2 Å². The first-order valence-corrected chi connectivity index (χ1v) is 7.38. The summed E-state index contributed by atoms with van der Waals surface area (Å²) in [6.45, 7) is 4.43. The third kappa shape index (κ3) is 4.68. The highest BCUT2D eigenvalue weighted by atomic mass is 16.5. The number of hydrogen-bond acceptors (Lipinski definition) is 4. The molecule has 116 valence electrons. The summed E-state index contributed by atoms with van der Waals surface area (Å²) in [6, 6.07) is 3.20. The smallest absolute Gasteiger partial charge is 0.260 e. The molecule has 21 heavy (non-hydrogen) atoms. The summed E-state index contributed by atoms with van der Waals surface area (Å²) >= 11 is 0. The number of nitrogens with one attached hydrogen (secondary N) is 2. The molecule has 0 saturated carbocycles. The lowest BCUT2D eigenvalue weighted by Crippen LogP contribution is -2.40. The van der Waals surface area contributed by atoms with E-state index in [9.17, 15) is 9.59 Å². The maximum absolute atomic E-state index is 12.0. The van der Waals surface area contributed by atoms with Crippen LogP contribution in [0.25, 0.3) is 0 Å². The fraction of sp³-hybridized carbons (Fsp3) is 0.600. The number of rotatable bonds is 6. The second-order valence-corrected chi connectivity index (χ2v) is 5.40. The second-order valence-electron chi connectivity index (χ2n) is 5.40. The van der Waals surface area contributed by atoms with Gasteiger partial charge in [-0.1, -0.05) is 0 Å². The number of methoxy groups -OCH3 is 1. The largest absolute Gasteiger partial charge is 0.383 e. The Morgan fingerprint density at radius 2 is 2.24 bits per heavy atom. The Balaban J connectivity index is 1.74. The number of ether oxygens (including phenoxy) is 1. The van der Waals surface area contributed by atoms with Crippen LogP contribution in [-0.4, -0.2) is 55.7 Å². The zero-order valence-corrected chi connectivity index (χ0v) is 12.4. The van der Waals surface area contributed by atoms with Crippen molar-refractivity contribution in [1.82, 2.24) is 15.2 Å². The second kappa shape index (κ2) is 7.95. The SMILES string of the molecule is COCCN1CCC(CNC(=O)c2ccc[nH]c2=O)CC1. The highest BCUT2D eigenvalue weighted by molar-refractivity contribution is 5.93. The van der Waals surface area contributed by atoms with Crippen LogP contribution in [-0.2, 0) is 4.74 Å². The lowest BCUT2D eigenvalue weighted by Gasteiger charge is -2.31. The summed E-state index contributed by atoms with van der Waals surface area (Å²) in [4.78, 5) is 28.4. The monoisotopic (exact) mass is 293 g/mol. The van der Waals surface area contributed by atoms with Gasteiger partial charge < -0.3 is 19.9 Å². The highest BCUT2D eigenvalue weighted by Gasteiger charge is 2.20. The summed E-state index contributed by atoms with van der Waals surface area (Å²) in [5, 5.41) is 2.87. The number of likely N-dealkylation sites (tertiary alicyclic amines) is 1. The topological polar surface area (TPSA) is 74.4 Å². The molecule has 6 heteroatoms. The lowest BCUT2D eigenvalue weighted by atomic mass is 9.96. The molecule has 1 fully saturated rings. The average Bonchev–Trinajstić information content (AvgIpc) is 2.52. The Kier molecular flexibility index (Phi) is 5.95. The molecule has 0 aliphatic carbocycles. The molecule has 1 amide bonds. The minimum Gasteiger partial charge on any atom is -0.383 e. The van der Waals surface area contributed by atoms with Gasteiger partial charge in [0.1, 0.15) is 5.56 Å². The Morgan fingerprint density at radius 1 is 1.48 bits per heavy atom. The number of pyridine rings is 1. The van der Waals surface area contributed by atoms with Crippen molar-refractivity contribution >= 4 is 5.91 Å². The van der Waals surface area contributed by atoms with Gasteiger partial charge in [0.05, 0.1) is 6.61 Å². The van der Waals surface area contributed by atoms with Crippen molar-refractivity contribution in [3.63, 3.8) is 0 Å². The van der Waals surface area contributed by atoms with Crippen LogP contribution in [0.3, 0.4) is 0 Å². The van der Waals surface area contributed by atoms with Gasteiger partial charge in [0.15, 0.2) is 0 Å². The standard InChI is InChI=1S/C15H23N3O3/c1-21-10-9-18-7-4-12(5-8-18)11-17-15(20)13-3-2-6-16-14(13)19/h2-3,6,12H,4-5,7-11H2,1H3,(H,16,19)(H,17,20). The summed E-state index contributed by atoms with van der Waals surface area (Å²) in [5.74, 6) is 0.189. The van der Waals surface area contributed by atoms with Crippen LogP contribution in [0.15, 0.2) is 23.1 Å². The quantitative estimate of drug-likeness (QED) is 0.799. The van der Waals surface area contributed by atoms with Gasteiger partial charge in [-0.25, -0.2) is 0 Å². The number of H-pyrrole nitrogens is 1. The number of carbonyl (C=O) groups is 1. The highest BCUT2D eigenvalue weighted by Crippen LogP contribution is 2.16. The molecule has 1 aromatic rings. The van der Waals surface area contributed by atoms with Crippen molar-refractivity contribution in [2.24, 2.45) is 5.92 Å². The number of aromatic amines is 1.